The van der Waals surface area contributed by atoms with E-state index in [2.05, 4.69) is 16.1 Å². The van der Waals surface area contributed by atoms with Crippen LogP contribution in [0.1, 0.15) is 99.0 Å². The van der Waals surface area contributed by atoms with Crippen LogP contribution in [0.3, 0.4) is 0 Å². The molecule has 15 heteroatoms. The molecule has 1 fully saturated rings. The second-order valence-corrected chi connectivity index (χ2v) is 16.3. The quantitative estimate of drug-likeness (QED) is 0.0450. The summed E-state index contributed by atoms with van der Waals surface area (Å²) in [7, 11) is 0. The van der Waals surface area contributed by atoms with E-state index in [0.29, 0.717) is 19.4 Å². The van der Waals surface area contributed by atoms with Crippen LogP contribution in [0.5, 0.6) is 5.75 Å². The van der Waals surface area contributed by atoms with Crippen LogP contribution in [0.25, 0.3) is 0 Å². The molecule has 1 unspecified atom stereocenters. The number of hydrazine groups is 1. The number of aromatic hydroxyl groups is 1. The number of hydrogen-bond donors (Lipinski definition) is 6. The Kier molecular flexibility index (Phi) is 22.2. The number of carbonyl (C=O) groups is 6. The largest absolute Gasteiger partial charge is 0.508 e. The summed E-state index contributed by atoms with van der Waals surface area (Å²) in [6.45, 7) is 12.9. The van der Waals surface area contributed by atoms with Crippen molar-refractivity contribution < 1.29 is 53.2 Å². The van der Waals surface area contributed by atoms with Gasteiger partial charge in [0.1, 0.15) is 35.5 Å². The van der Waals surface area contributed by atoms with Crippen LogP contribution in [0.15, 0.2) is 66.3 Å². The van der Waals surface area contributed by atoms with Gasteiger partial charge in [0.05, 0.1) is 18.6 Å². The fourth-order valence-corrected chi connectivity index (χ4v) is 6.44. The number of carboxylic acid groups (broad SMARTS) is 1. The minimum atomic E-state index is -1.36. The number of carboxylic acids is 1. The van der Waals surface area contributed by atoms with Crippen LogP contribution in [-0.4, -0.2) is 93.2 Å². The van der Waals surface area contributed by atoms with Gasteiger partial charge in [-0.05, 0) is 87.8 Å². The van der Waals surface area contributed by atoms with Gasteiger partial charge in [0.2, 0.25) is 11.8 Å². The van der Waals surface area contributed by atoms with Crippen molar-refractivity contribution in [2.24, 2.45) is 23.7 Å². The zero-order valence-electron chi connectivity index (χ0n) is 36.0. The molecule has 14 nitrogen and oxygen atoms in total. The predicted octanol–water partition coefficient (Wildman–Crippen LogP) is 5.25. The molecule has 0 saturated carbocycles. The molecule has 0 bridgehead atoms. The molecule has 2 rings (SSSR count). The van der Waals surface area contributed by atoms with E-state index in [0.717, 1.165) is 35.6 Å². The summed E-state index contributed by atoms with van der Waals surface area (Å²) in [4.78, 5) is 77.0. The Balaban J connectivity index is 2.14. The van der Waals surface area contributed by atoms with E-state index in [1.54, 1.807) is 26.8 Å². The molecule has 6 N–H and O–H groups in total. The Morgan fingerprint density at radius 1 is 0.967 bits per heavy atom. The fraction of sp³-hybridized carbons (Fsp3) is 0.556. The zero-order chi connectivity index (χ0) is 44.9. The van der Waals surface area contributed by atoms with Gasteiger partial charge in [-0.1, -0.05) is 76.6 Å². The molecule has 1 heterocycles. The standard InChI is InChI=1S/C45H65FN4O10/c1-28(2)27-60-39(53)19-13-16-30(5)15-11-9-8-10-12-17-31(6)41(54)36(21-20-32(7)51)42(55)48-40(29(3)4)43(56)47-38(25-33-23-34(46)26-35(52)24-33)44(57)50-22-14-18-37(49-50)45(58)59/h8-10,12-13,16,19,23-24,26,28-29,31,36-38,40-41,49,52,54H,11,14-15,17-18,20-22,25,27H2,1-7H3,(H,47,56)(H,48,55)(H,58,59)/b9-8+,12-10+,19-13+,30-16+/t31-,36+,37?,38-,40-,41+/m0/s1. The van der Waals surface area contributed by atoms with Crippen molar-refractivity contribution in [3.8, 4) is 5.75 Å². The Morgan fingerprint density at radius 3 is 2.30 bits per heavy atom. The van der Waals surface area contributed by atoms with E-state index in [9.17, 15) is 48.5 Å². The van der Waals surface area contributed by atoms with Crippen molar-refractivity contribution in [2.45, 2.75) is 124 Å². The molecule has 1 aliphatic rings. The second kappa shape index (κ2) is 26.1. The summed E-state index contributed by atoms with van der Waals surface area (Å²) in [5, 5.41) is 37.5. The maximum atomic E-state index is 14.2. The molecule has 332 valence electrons. The lowest BCUT2D eigenvalue weighted by Gasteiger charge is -2.35. The number of amides is 3. The van der Waals surface area contributed by atoms with Crippen LogP contribution in [0.2, 0.25) is 0 Å². The lowest BCUT2D eigenvalue weighted by atomic mass is 9.85. The summed E-state index contributed by atoms with van der Waals surface area (Å²) in [5.41, 5.74) is 3.94. The minimum Gasteiger partial charge on any atom is -0.508 e. The van der Waals surface area contributed by atoms with Crippen molar-refractivity contribution in [2.75, 3.05) is 13.2 Å². The smallest absolute Gasteiger partial charge is 0.330 e. The number of allylic oxidation sites excluding steroid dienone is 7. The molecule has 0 spiro atoms. The zero-order valence-corrected chi connectivity index (χ0v) is 36.0. The number of benzene rings is 1. The van der Waals surface area contributed by atoms with Gasteiger partial charge >= 0.3 is 11.9 Å². The molecule has 1 aromatic rings. The second-order valence-electron chi connectivity index (χ2n) is 16.3. The highest BCUT2D eigenvalue weighted by Gasteiger charge is 2.37. The van der Waals surface area contributed by atoms with Crippen molar-refractivity contribution in [3.05, 3.63) is 77.7 Å². The summed E-state index contributed by atoms with van der Waals surface area (Å²) in [5.74, 6) is -6.69. The van der Waals surface area contributed by atoms with Crippen molar-refractivity contribution >= 4 is 35.4 Å². The summed E-state index contributed by atoms with van der Waals surface area (Å²) < 4.78 is 19.3. The van der Waals surface area contributed by atoms with Gasteiger partial charge in [0.25, 0.3) is 5.91 Å². The number of aliphatic carboxylic acids is 1. The van der Waals surface area contributed by atoms with E-state index in [1.165, 1.54) is 19.1 Å². The summed E-state index contributed by atoms with van der Waals surface area (Å²) in [6.07, 6.45) is 13.7. The first-order chi connectivity index (χ1) is 28.3. The lowest BCUT2D eigenvalue weighted by molar-refractivity contribution is -0.149. The van der Waals surface area contributed by atoms with Crippen LogP contribution in [-0.2, 0) is 39.9 Å². The molecular weight excluding hydrogens is 776 g/mol. The van der Waals surface area contributed by atoms with Gasteiger partial charge in [0.15, 0.2) is 0 Å². The SMILES string of the molecule is CC(=O)CC[C@@H](C(=O)N[C@H](C(=O)N[C@@H](Cc1cc(O)cc(F)c1)C(=O)N1CCCC(C(=O)O)N1)C(C)C)[C@H](O)[C@@H](C)C/C=C/C=C/CC/C(C)=C/C=C/C(=O)OCC(C)C. The van der Waals surface area contributed by atoms with Gasteiger partial charge in [-0.15, -0.1) is 0 Å². The maximum Gasteiger partial charge on any atom is 0.330 e. The number of phenols is 1. The van der Waals surface area contributed by atoms with Gasteiger partial charge in [-0.3, -0.25) is 24.2 Å². The maximum absolute atomic E-state index is 14.2. The Labute approximate surface area is 353 Å². The molecule has 0 aliphatic carbocycles. The number of rotatable bonds is 24. The Hall–Kier alpha value is -5.15. The van der Waals surface area contributed by atoms with Crippen molar-refractivity contribution in [3.63, 3.8) is 0 Å². The third kappa shape index (κ3) is 18.8. The number of aliphatic hydroxyl groups is 1. The average molecular weight is 841 g/mol. The number of ether oxygens (including phenoxy) is 1. The van der Waals surface area contributed by atoms with Gasteiger partial charge < -0.3 is 35.5 Å². The molecule has 0 aromatic heterocycles. The Bertz CT molecular complexity index is 1720. The van der Waals surface area contributed by atoms with E-state index in [-0.39, 0.29) is 55.5 Å². The molecule has 6 atom stereocenters. The average Bonchev–Trinajstić information content (AvgIpc) is 3.17. The van der Waals surface area contributed by atoms with Gasteiger partial charge in [-0.2, -0.15) is 0 Å². The van der Waals surface area contributed by atoms with Crippen molar-refractivity contribution in [1.29, 1.82) is 0 Å². The van der Waals surface area contributed by atoms with E-state index >= 15 is 0 Å². The van der Waals surface area contributed by atoms with Crippen LogP contribution in [0, 0.1) is 29.5 Å². The van der Waals surface area contributed by atoms with E-state index in [4.69, 9.17) is 4.74 Å². The normalized spacial score (nSPS) is 17.5. The number of halogens is 1. The first-order valence-electron chi connectivity index (χ1n) is 20.7. The molecular formula is C45H65FN4O10. The lowest BCUT2D eigenvalue weighted by Crippen LogP contribution is -2.62. The molecule has 1 aromatic carbocycles. The van der Waals surface area contributed by atoms with Crippen LogP contribution in [0.4, 0.5) is 4.39 Å². The number of carbonyl (C=O) groups excluding carboxylic acids is 5. The Morgan fingerprint density at radius 2 is 1.67 bits per heavy atom. The van der Waals surface area contributed by atoms with Crippen LogP contribution < -0.4 is 16.1 Å². The number of esters is 1. The first-order valence-corrected chi connectivity index (χ1v) is 20.7. The van der Waals surface area contributed by atoms with E-state index in [1.807, 2.05) is 51.2 Å². The number of aliphatic hydroxyl groups excluding tert-OH is 1. The third-order valence-electron chi connectivity index (χ3n) is 9.90. The number of ketones is 1. The fourth-order valence-electron chi connectivity index (χ4n) is 6.44. The van der Waals surface area contributed by atoms with E-state index < -0.39 is 77.2 Å². The monoisotopic (exact) mass is 840 g/mol. The van der Waals surface area contributed by atoms with Gasteiger partial charge in [-0.25, -0.2) is 14.6 Å². The highest BCUT2D eigenvalue weighted by atomic mass is 19.1. The van der Waals surface area contributed by atoms with Crippen LogP contribution >= 0.6 is 0 Å². The molecule has 0 radical (unpaired) electrons. The van der Waals surface area contributed by atoms with Crippen molar-refractivity contribution in [1.82, 2.24) is 21.1 Å². The first kappa shape index (κ1) is 51.0. The number of phenolic OH excluding ortho intramolecular Hbond substituents is 1. The summed E-state index contributed by atoms with van der Waals surface area (Å²) >= 11 is 0. The molecule has 60 heavy (non-hydrogen) atoms. The highest BCUT2D eigenvalue weighted by Crippen LogP contribution is 2.23. The highest BCUT2D eigenvalue weighted by molar-refractivity contribution is 5.93. The summed E-state index contributed by atoms with van der Waals surface area (Å²) in [6, 6.07) is -0.373. The number of nitrogens with one attached hydrogen (secondary N) is 3. The number of nitrogens with zero attached hydrogens (tertiary/aromatic N) is 1. The van der Waals surface area contributed by atoms with Gasteiger partial charge in [0, 0.05) is 31.5 Å². The topological polar surface area (TPSA) is 212 Å². The number of hydrogen-bond acceptors (Lipinski definition) is 10. The molecule has 1 aliphatic heterocycles. The molecule has 1 saturated heterocycles. The minimum absolute atomic E-state index is 0.0160. The number of Topliss-reactive ketones (excluding diaryl/α,β-unsaturated/α-hetero) is 1. The third-order valence-corrected chi connectivity index (χ3v) is 9.90. The molecule has 3 amide bonds. The predicted molar refractivity (Wildman–Crippen MR) is 225 cm³/mol.